The van der Waals surface area contributed by atoms with Gasteiger partial charge in [0.2, 0.25) is 5.91 Å². The summed E-state index contributed by atoms with van der Waals surface area (Å²) in [6.07, 6.45) is 6.84. The molecule has 3 heteroatoms. The summed E-state index contributed by atoms with van der Waals surface area (Å²) in [7, 11) is 0. The van der Waals surface area contributed by atoms with Crippen LogP contribution >= 0.6 is 15.9 Å². The van der Waals surface area contributed by atoms with Gasteiger partial charge in [0.25, 0.3) is 0 Å². The molecule has 1 N–H and O–H groups in total. The predicted molar refractivity (Wildman–Crippen MR) is 76.4 cm³/mol. The van der Waals surface area contributed by atoms with E-state index in [9.17, 15) is 4.79 Å². The highest BCUT2D eigenvalue weighted by Crippen LogP contribution is 2.37. The second kappa shape index (κ2) is 6.77. The molecule has 0 aliphatic heterocycles. The third-order valence-corrected chi connectivity index (χ3v) is 5.34. The Kier molecular flexibility index (Phi) is 5.98. The Hall–Kier alpha value is -0.0500. The van der Waals surface area contributed by atoms with Crippen LogP contribution in [0.2, 0.25) is 0 Å². The van der Waals surface area contributed by atoms with Crippen LogP contribution in [-0.2, 0) is 4.79 Å². The van der Waals surface area contributed by atoms with E-state index in [1.165, 1.54) is 25.7 Å². The molecule has 0 bridgehead atoms. The van der Waals surface area contributed by atoms with Gasteiger partial charge in [0, 0.05) is 16.8 Å². The van der Waals surface area contributed by atoms with E-state index in [1.807, 2.05) is 0 Å². The third-order valence-electron chi connectivity index (χ3n) is 4.27. The Morgan fingerprint density at radius 3 is 2.29 bits per heavy atom. The van der Waals surface area contributed by atoms with Crippen LogP contribution in [0.4, 0.5) is 0 Å². The number of rotatable bonds is 6. The van der Waals surface area contributed by atoms with Gasteiger partial charge in [-0.3, -0.25) is 4.79 Å². The molecule has 1 fully saturated rings. The molecule has 1 amide bonds. The van der Waals surface area contributed by atoms with Crippen LogP contribution in [0.1, 0.15) is 59.3 Å². The van der Waals surface area contributed by atoms with Gasteiger partial charge in [-0.1, -0.05) is 62.4 Å². The summed E-state index contributed by atoms with van der Waals surface area (Å²) >= 11 is 3.70. The van der Waals surface area contributed by atoms with Crippen molar-refractivity contribution in [1.82, 2.24) is 5.32 Å². The van der Waals surface area contributed by atoms with Crippen LogP contribution in [0.25, 0.3) is 0 Å². The molecule has 17 heavy (non-hydrogen) atoms. The highest BCUT2D eigenvalue weighted by Gasteiger charge is 2.36. The van der Waals surface area contributed by atoms with E-state index in [1.54, 1.807) is 0 Å². The average molecular weight is 304 g/mol. The first-order chi connectivity index (χ1) is 8.03. The van der Waals surface area contributed by atoms with E-state index in [0.717, 1.165) is 19.4 Å². The molecule has 0 spiro atoms. The predicted octanol–water partition coefficient (Wildman–Crippen LogP) is 3.88. The fourth-order valence-electron chi connectivity index (χ4n) is 2.75. The van der Waals surface area contributed by atoms with E-state index in [4.69, 9.17) is 0 Å². The van der Waals surface area contributed by atoms with Crippen LogP contribution in [0.3, 0.4) is 0 Å². The Balaban J connectivity index is 2.37. The summed E-state index contributed by atoms with van der Waals surface area (Å²) in [5.74, 6) is 0.914. The molecule has 100 valence electrons. The lowest BCUT2D eigenvalue weighted by Gasteiger charge is -2.25. The summed E-state index contributed by atoms with van der Waals surface area (Å²) in [5, 5.41) is 3.13. The minimum atomic E-state index is -0.0966. The topological polar surface area (TPSA) is 29.1 Å². The van der Waals surface area contributed by atoms with E-state index in [0.29, 0.717) is 10.7 Å². The Bertz CT molecular complexity index is 245. The number of carbonyl (C=O) groups is 1. The standard InChI is InChI=1S/C14H26BrNO/c1-4-11(5-2)12(15)10-16-13(17)14(3)8-6-7-9-14/h11-12H,4-10H2,1-3H3,(H,16,17). The largest absolute Gasteiger partial charge is 0.354 e. The molecule has 1 unspecified atom stereocenters. The molecule has 1 atom stereocenters. The van der Waals surface area contributed by atoms with Crippen LogP contribution in [-0.4, -0.2) is 17.3 Å². The molecule has 1 saturated carbocycles. The van der Waals surface area contributed by atoms with Gasteiger partial charge in [0.1, 0.15) is 0 Å². The Morgan fingerprint density at radius 2 is 1.82 bits per heavy atom. The summed E-state index contributed by atoms with van der Waals surface area (Å²) in [4.78, 5) is 12.5. The zero-order valence-corrected chi connectivity index (χ0v) is 13.0. The summed E-state index contributed by atoms with van der Waals surface area (Å²) < 4.78 is 0. The van der Waals surface area contributed by atoms with Crippen molar-refractivity contribution in [3.63, 3.8) is 0 Å². The Morgan fingerprint density at radius 1 is 1.29 bits per heavy atom. The van der Waals surface area contributed by atoms with Crippen molar-refractivity contribution in [3.8, 4) is 0 Å². The van der Waals surface area contributed by atoms with Crippen LogP contribution < -0.4 is 5.32 Å². The molecule has 0 saturated heterocycles. The van der Waals surface area contributed by atoms with Crippen molar-refractivity contribution in [2.45, 2.75) is 64.1 Å². The molecule has 0 aromatic heterocycles. The monoisotopic (exact) mass is 303 g/mol. The number of halogens is 1. The molecule has 1 aliphatic rings. The van der Waals surface area contributed by atoms with Crippen molar-refractivity contribution >= 4 is 21.8 Å². The van der Waals surface area contributed by atoms with Gasteiger partial charge in [0.15, 0.2) is 0 Å². The van der Waals surface area contributed by atoms with Crippen LogP contribution in [0.15, 0.2) is 0 Å². The summed E-state index contributed by atoms with van der Waals surface area (Å²) in [6, 6.07) is 0. The second-order valence-corrected chi connectivity index (χ2v) is 6.75. The molecule has 0 heterocycles. The zero-order chi connectivity index (χ0) is 12.9. The number of alkyl halides is 1. The minimum absolute atomic E-state index is 0.0966. The van der Waals surface area contributed by atoms with E-state index < -0.39 is 0 Å². The summed E-state index contributed by atoms with van der Waals surface area (Å²) in [6.45, 7) is 7.29. The molecular weight excluding hydrogens is 278 g/mol. The molecule has 0 aromatic carbocycles. The lowest BCUT2D eigenvalue weighted by molar-refractivity contribution is -0.129. The smallest absolute Gasteiger partial charge is 0.225 e. The molecule has 1 aliphatic carbocycles. The normalized spacial score (nSPS) is 20.5. The molecule has 1 rings (SSSR count). The number of hydrogen-bond acceptors (Lipinski definition) is 1. The maximum Gasteiger partial charge on any atom is 0.225 e. The molecule has 0 aromatic rings. The van der Waals surface area contributed by atoms with Crippen molar-refractivity contribution in [2.24, 2.45) is 11.3 Å². The van der Waals surface area contributed by atoms with E-state index >= 15 is 0 Å². The summed E-state index contributed by atoms with van der Waals surface area (Å²) in [5.41, 5.74) is -0.0966. The first-order valence-corrected chi connectivity index (χ1v) is 7.87. The van der Waals surface area contributed by atoms with E-state index in [-0.39, 0.29) is 11.3 Å². The number of hydrogen-bond donors (Lipinski definition) is 1. The fraction of sp³-hybridized carbons (Fsp3) is 0.929. The quantitative estimate of drug-likeness (QED) is 0.741. The number of carbonyl (C=O) groups excluding carboxylic acids is 1. The molecule has 0 radical (unpaired) electrons. The van der Waals surface area contributed by atoms with Crippen molar-refractivity contribution in [1.29, 1.82) is 0 Å². The van der Waals surface area contributed by atoms with Gasteiger partial charge in [0.05, 0.1) is 0 Å². The van der Waals surface area contributed by atoms with Gasteiger partial charge < -0.3 is 5.32 Å². The lowest BCUT2D eigenvalue weighted by Crippen LogP contribution is -2.41. The molecule has 2 nitrogen and oxygen atoms in total. The highest BCUT2D eigenvalue weighted by atomic mass is 79.9. The van der Waals surface area contributed by atoms with E-state index in [2.05, 4.69) is 42.0 Å². The van der Waals surface area contributed by atoms with Gasteiger partial charge in [-0.15, -0.1) is 0 Å². The SMILES string of the molecule is CCC(CC)C(Br)CNC(=O)C1(C)CCCC1. The number of nitrogens with one attached hydrogen (secondary N) is 1. The average Bonchev–Trinajstić information content (AvgIpc) is 2.76. The van der Waals surface area contributed by atoms with Gasteiger partial charge in [-0.05, 0) is 18.8 Å². The fourth-order valence-corrected chi connectivity index (χ4v) is 3.66. The van der Waals surface area contributed by atoms with Crippen LogP contribution in [0, 0.1) is 11.3 Å². The lowest BCUT2D eigenvalue weighted by atomic mass is 9.87. The van der Waals surface area contributed by atoms with Crippen molar-refractivity contribution in [3.05, 3.63) is 0 Å². The van der Waals surface area contributed by atoms with Gasteiger partial charge in [-0.2, -0.15) is 0 Å². The Labute approximate surface area is 114 Å². The minimum Gasteiger partial charge on any atom is -0.354 e. The second-order valence-electron chi connectivity index (χ2n) is 5.57. The molecular formula is C14H26BrNO. The van der Waals surface area contributed by atoms with Gasteiger partial charge in [-0.25, -0.2) is 0 Å². The maximum atomic E-state index is 12.1. The first-order valence-electron chi connectivity index (χ1n) is 6.96. The van der Waals surface area contributed by atoms with Gasteiger partial charge >= 0.3 is 0 Å². The third kappa shape index (κ3) is 3.97. The van der Waals surface area contributed by atoms with Crippen molar-refractivity contribution in [2.75, 3.05) is 6.54 Å². The van der Waals surface area contributed by atoms with Crippen molar-refractivity contribution < 1.29 is 4.79 Å². The first kappa shape index (κ1) is 15.0. The number of amides is 1. The highest BCUT2D eigenvalue weighted by molar-refractivity contribution is 9.09. The zero-order valence-electron chi connectivity index (χ0n) is 11.4. The maximum absolute atomic E-state index is 12.1. The van der Waals surface area contributed by atoms with Crippen LogP contribution in [0.5, 0.6) is 0 Å².